The van der Waals surface area contributed by atoms with Gasteiger partial charge >= 0.3 is 0 Å². The highest BCUT2D eigenvalue weighted by Gasteiger charge is 2.17. The number of benzene rings is 3. The van der Waals surface area contributed by atoms with Gasteiger partial charge in [-0.15, -0.1) is 0 Å². The van der Waals surface area contributed by atoms with Gasteiger partial charge in [-0.2, -0.15) is 15.5 Å². The first kappa shape index (κ1) is 24.3. The molecule has 0 aliphatic heterocycles. The standard InChI is InChI=1S/C31H24N6O/c1-21-17-25(19-33)18-22(2)29(21)38-30-28-27(14-16-37(28)20-24-7-4-3-5-8-24)35-31(36-30)34-26-12-10-23(11-13-26)9-6-15-32/h3-14,16-18H,20H2,1-2H3,(H,34,35,36)/b9-6+. The molecular formula is C31H24N6O. The SMILES string of the molecule is Cc1cc(C#N)cc(C)c1Oc1nc(Nc2ccc(/C=C/C#N)cc2)nc2ccn(Cc3ccccc3)c12. The van der Waals surface area contributed by atoms with Gasteiger partial charge in [-0.3, -0.25) is 0 Å². The minimum atomic E-state index is 0.397. The zero-order valence-corrected chi connectivity index (χ0v) is 21.0. The van der Waals surface area contributed by atoms with Gasteiger partial charge in [0.05, 0.1) is 23.2 Å². The third kappa shape index (κ3) is 5.23. The molecule has 0 spiro atoms. The van der Waals surface area contributed by atoms with Crippen LogP contribution in [0.1, 0.15) is 27.8 Å². The second-order valence-electron chi connectivity index (χ2n) is 8.88. The van der Waals surface area contributed by atoms with Crippen LogP contribution in [0.5, 0.6) is 11.6 Å². The van der Waals surface area contributed by atoms with E-state index in [9.17, 15) is 5.26 Å². The Morgan fingerprint density at radius 3 is 2.37 bits per heavy atom. The highest BCUT2D eigenvalue weighted by atomic mass is 16.5. The van der Waals surface area contributed by atoms with Crippen LogP contribution < -0.4 is 10.1 Å². The maximum absolute atomic E-state index is 9.35. The Hall–Kier alpha value is -5.40. The molecule has 0 aliphatic rings. The number of fused-ring (bicyclic) bond motifs is 1. The van der Waals surface area contributed by atoms with Crippen LogP contribution in [0.3, 0.4) is 0 Å². The van der Waals surface area contributed by atoms with E-state index in [0.717, 1.165) is 39.0 Å². The van der Waals surface area contributed by atoms with E-state index in [4.69, 9.17) is 20.0 Å². The summed E-state index contributed by atoms with van der Waals surface area (Å²) in [5, 5.41) is 21.4. The number of allylic oxidation sites excluding steroid dienone is 1. The predicted octanol–water partition coefficient (Wildman–Crippen LogP) is 7.04. The molecule has 0 saturated heterocycles. The van der Waals surface area contributed by atoms with Gasteiger partial charge in [0.15, 0.2) is 0 Å². The Morgan fingerprint density at radius 1 is 0.947 bits per heavy atom. The molecule has 0 unspecified atom stereocenters. The van der Waals surface area contributed by atoms with Crippen molar-refractivity contribution >= 4 is 28.7 Å². The van der Waals surface area contributed by atoms with Crippen molar-refractivity contribution in [2.24, 2.45) is 0 Å². The molecule has 1 N–H and O–H groups in total. The van der Waals surface area contributed by atoms with Crippen LogP contribution >= 0.6 is 0 Å². The second kappa shape index (κ2) is 10.7. The van der Waals surface area contributed by atoms with Gasteiger partial charge in [0.25, 0.3) is 0 Å². The fraction of sp³-hybridized carbons (Fsp3) is 0.0968. The highest BCUT2D eigenvalue weighted by Crippen LogP contribution is 2.34. The van der Waals surface area contributed by atoms with Crippen LogP contribution in [0.15, 0.2) is 85.1 Å². The minimum absolute atomic E-state index is 0.397. The molecule has 2 heterocycles. The summed E-state index contributed by atoms with van der Waals surface area (Å²) in [6.07, 6.45) is 5.17. The van der Waals surface area contributed by atoms with Gasteiger partial charge in [0.2, 0.25) is 11.8 Å². The third-order valence-electron chi connectivity index (χ3n) is 6.08. The van der Waals surface area contributed by atoms with E-state index in [2.05, 4.69) is 28.1 Å². The lowest BCUT2D eigenvalue weighted by Gasteiger charge is -2.15. The molecule has 5 aromatic rings. The molecule has 2 aromatic heterocycles. The summed E-state index contributed by atoms with van der Waals surface area (Å²) >= 11 is 0. The molecule has 0 fully saturated rings. The van der Waals surface area contributed by atoms with Crippen molar-refractivity contribution in [2.45, 2.75) is 20.4 Å². The van der Waals surface area contributed by atoms with E-state index in [0.29, 0.717) is 29.7 Å². The first-order valence-corrected chi connectivity index (χ1v) is 12.1. The van der Waals surface area contributed by atoms with E-state index in [-0.39, 0.29) is 0 Å². The lowest BCUT2D eigenvalue weighted by atomic mass is 10.1. The number of nitrogens with one attached hydrogen (secondary N) is 1. The van der Waals surface area contributed by atoms with E-state index in [1.54, 1.807) is 6.08 Å². The number of rotatable bonds is 7. The van der Waals surface area contributed by atoms with Crippen molar-refractivity contribution < 1.29 is 4.74 Å². The summed E-state index contributed by atoms with van der Waals surface area (Å²) < 4.78 is 8.55. The Kier molecular flexibility index (Phi) is 6.84. The molecule has 0 saturated carbocycles. The fourth-order valence-corrected chi connectivity index (χ4v) is 4.32. The van der Waals surface area contributed by atoms with Crippen LogP contribution in [0.4, 0.5) is 11.6 Å². The van der Waals surface area contributed by atoms with Crippen molar-refractivity contribution in [1.29, 1.82) is 10.5 Å². The first-order chi connectivity index (χ1) is 18.5. The lowest BCUT2D eigenvalue weighted by Crippen LogP contribution is -2.04. The third-order valence-corrected chi connectivity index (χ3v) is 6.08. The summed E-state index contributed by atoms with van der Waals surface area (Å²) in [5.74, 6) is 1.48. The van der Waals surface area contributed by atoms with Crippen molar-refractivity contribution in [3.63, 3.8) is 0 Å². The van der Waals surface area contributed by atoms with Crippen LogP contribution in [0.25, 0.3) is 17.1 Å². The molecule has 0 bridgehead atoms. The highest BCUT2D eigenvalue weighted by molar-refractivity contribution is 5.83. The van der Waals surface area contributed by atoms with Crippen molar-refractivity contribution in [2.75, 3.05) is 5.32 Å². The zero-order chi connectivity index (χ0) is 26.5. The van der Waals surface area contributed by atoms with Gasteiger partial charge in [0.1, 0.15) is 11.3 Å². The van der Waals surface area contributed by atoms with E-state index < -0.39 is 0 Å². The Morgan fingerprint density at radius 2 is 1.68 bits per heavy atom. The number of hydrogen-bond donors (Lipinski definition) is 1. The average molecular weight is 497 g/mol. The number of nitrogens with zero attached hydrogens (tertiary/aromatic N) is 5. The molecular weight excluding hydrogens is 472 g/mol. The molecule has 3 aromatic carbocycles. The van der Waals surface area contributed by atoms with Gasteiger partial charge in [-0.05, 0) is 72.5 Å². The molecule has 7 nitrogen and oxygen atoms in total. The molecule has 0 aliphatic carbocycles. The quantitative estimate of drug-likeness (QED) is 0.243. The van der Waals surface area contributed by atoms with Crippen LogP contribution in [0.2, 0.25) is 0 Å². The number of aryl methyl sites for hydroxylation is 2. The zero-order valence-electron chi connectivity index (χ0n) is 21.0. The molecule has 7 heteroatoms. The Balaban J connectivity index is 1.56. The maximum Gasteiger partial charge on any atom is 0.249 e. The maximum atomic E-state index is 9.35. The van der Waals surface area contributed by atoms with Gasteiger partial charge in [0, 0.05) is 24.5 Å². The monoisotopic (exact) mass is 496 g/mol. The topological polar surface area (TPSA) is 99.5 Å². The number of anilines is 2. The summed E-state index contributed by atoms with van der Waals surface area (Å²) in [5.41, 5.74) is 6.68. The lowest BCUT2D eigenvalue weighted by molar-refractivity contribution is 0.459. The summed E-state index contributed by atoms with van der Waals surface area (Å²) in [4.78, 5) is 9.53. The molecule has 184 valence electrons. The van der Waals surface area contributed by atoms with Gasteiger partial charge in [-0.1, -0.05) is 42.5 Å². The predicted molar refractivity (Wildman–Crippen MR) is 148 cm³/mol. The van der Waals surface area contributed by atoms with E-state index in [1.165, 1.54) is 6.08 Å². The Bertz CT molecular complexity index is 1700. The van der Waals surface area contributed by atoms with Gasteiger partial charge in [-0.25, -0.2) is 4.98 Å². The van der Waals surface area contributed by atoms with Crippen molar-refractivity contribution in [3.8, 4) is 23.8 Å². The minimum Gasteiger partial charge on any atom is -0.436 e. The van der Waals surface area contributed by atoms with E-state index >= 15 is 0 Å². The normalized spacial score (nSPS) is 10.8. The largest absolute Gasteiger partial charge is 0.436 e. The number of ether oxygens (including phenoxy) is 1. The van der Waals surface area contributed by atoms with Crippen molar-refractivity contribution in [3.05, 3.63) is 113 Å². The molecule has 0 atom stereocenters. The average Bonchev–Trinajstić information content (AvgIpc) is 3.33. The molecule has 38 heavy (non-hydrogen) atoms. The summed E-state index contributed by atoms with van der Waals surface area (Å²) in [6.45, 7) is 4.48. The number of nitriles is 2. The van der Waals surface area contributed by atoms with E-state index in [1.807, 2.05) is 86.8 Å². The van der Waals surface area contributed by atoms with Crippen LogP contribution in [-0.4, -0.2) is 14.5 Å². The smallest absolute Gasteiger partial charge is 0.249 e. The van der Waals surface area contributed by atoms with Crippen LogP contribution in [-0.2, 0) is 6.54 Å². The summed E-state index contributed by atoms with van der Waals surface area (Å²) in [6, 6.07) is 27.6. The van der Waals surface area contributed by atoms with Gasteiger partial charge < -0.3 is 14.6 Å². The number of aromatic nitrogens is 3. The molecule has 5 rings (SSSR count). The Labute approximate surface area is 220 Å². The second-order valence-corrected chi connectivity index (χ2v) is 8.88. The van der Waals surface area contributed by atoms with Crippen molar-refractivity contribution in [1.82, 2.24) is 14.5 Å². The number of hydrogen-bond acceptors (Lipinski definition) is 6. The summed E-state index contributed by atoms with van der Waals surface area (Å²) in [7, 11) is 0. The first-order valence-electron chi connectivity index (χ1n) is 12.1. The molecule has 0 amide bonds. The molecule has 0 radical (unpaired) electrons. The fourth-order valence-electron chi connectivity index (χ4n) is 4.32. The van der Waals surface area contributed by atoms with Crippen LogP contribution in [0, 0.1) is 36.5 Å².